The first kappa shape index (κ1) is 30.2. The van der Waals surface area contributed by atoms with Gasteiger partial charge < -0.3 is 35.0 Å². The van der Waals surface area contributed by atoms with E-state index < -0.39 is 47.8 Å². The number of carboxylic acid groups (broad SMARTS) is 2. The number of nitrogens with one attached hydrogen (secondary N) is 1. The summed E-state index contributed by atoms with van der Waals surface area (Å²) in [6.45, 7) is 2.94. The molecule has 14 heteroatoms. The van der Waals surface area contributed by atoms with Crippen molar-refractivity contribution < 1.29 is 43.7 Å². The Bertz CT molecular complexity index is 1390. The van der Waals surface area contributed by atoms with E-state index >= 15 is 0 Å². The number of benzene rings is 1. The average molecular weight is 584 g/mol. The molecule has 0 radical (unpaired) electrons. The second-order valence-electron chi connectivity index (χ2n) is 10.0. The lowest BCUT2D eigenvalue weighted by Crippen LogP contribution is -2.56. The highest BCUT2D eigenvalue weighted by Crippen LogP contribution is 2.25. The fourth-order valence-electron chi connectivity index (χ4n) is 5.19. The van der Waals surface area contributed by atoms with E-state index in [1.54, 1.807) is 31.2 Å². The van der Waals surface area contributed by atoms with Crippen molar-refractivity contribution >= 4 is 46.7 Å². The number of nitrogens with zero attached hydrogens (tertiary/aromatic N) is 4. The van der Waals surface area contributed by atoms with E-state index in [1.807, 2.05) is 0 Å². The molecule has 2 aromatic rings. The van der Waals surface area contributed by atoms with Gasteiger partial charge in [-0.1, -0.05) is 18.2 Å². The minimum atomic E-state index is -1.20. The molecule has 2 aliphatic rings. The van der Waals surface area contributed by atoms with E-state index in [2.05, 4.69) is 10.3 Å². The maximum Gasteiger partial charge on any atom is 0.409 e. The number of para-hydroxylation sites is 1. The fourth-order valence-corrected chi connectivity index (χ4v) is 5.19. The van der Waals surface area contributed by atoms with Crippen molar-refractivity contribution in [1.29, 1.82) is 0 Å². The van der Waals surface area contributed by atoms with Crippen molar-refractivity contribution in [2.75, 3.05) is 39.3 Å². The van der Waals surface area contributed by atoms with Crippen LogP contribution in [0.25, 0.3) is 10.9 Å². The van der Waals surface area contributed by atoms with Crippen LogP contribution in [-0.2, 0) is 19.1 Å². The lowest BCUT2D eigenvalue weighted by molar-refractivity contribution is -0.141. The van der Waals surface area contributed by atoms with Crippen LogP contribution in [0.5, 0.6) is 0 Å². The molecule has 2 aliphatic heterocycles. The lowest BCUT2D eigenvalue weighted by Gasteiger charge is -2.35. The largest absolute Gasteiger partial charge is 0.481 e. The van der Waals surface area contributed by atoms with Crippen LogP contribution in [0.2, 0.25) is 0 Å². The van der Waals surface area contributed by atoms with Crippen molar-refractivity contribution in [3.8, 4) is 0 Å². The van der Waals surface area contributed by atoms with Crippen LogP contribution in [0.4, 0.5) is 4.79 Å². The average Bonchev–Trinajstić information content (AvgIpc) is 3.48. The van der Waals surface area contributed by atoms with E-state index in [9.17, 15) is 39.0 Å². The Balaban J connectivity index is 1.57. The van der Waals surface area contributed by atoms with E-state index in [-0.39, 0.29) is 63.4 Å². The Labute approximate surface area is 241 Å². The number of aromatic nitrogens is 1. The van der Waals surface area contributed by atoms with Crippen LogP contribution >= 0.6 is 0 Å². The van der Waals surface area contributed by atoms with E-state index in [1.165, 1.54) is 20.8 Å². The summed E-state index contributed by atoms with van der Waals surface area (Å²) in [7, 11) is 0. The fraction of sp³-hybridized carbons (Fsp3) is 0.464. The standard InChI is InChI=1S/C28H33N5O9/c1-2-42-28(41)32-14-12-31(13-15-32)26(38)20(9-10-23(34)35)30-24(36)21-16-18(17-6-3-4-7-19(17)29-21)25(37)33-11-5-8-22(33)27(39)40/h3-4,6-7,16,20,22H,2,5,8-15H2,1H3,(H,30,36)(H,34,35)(H,39,40). The SMILES string of the molecule is CCOC(=O)N1CCN(C(=O)C(CCC(=O)O)NC(=O)c2cc(C(=O)N3CCCC3C(=O)O)c3ccccc3n2)CC1. The normalized spacial score (nSPS) is 17.5. The summed E-state index contributed by atoms with van der Waals surface area (Å²) < 4.78 is 5.00. The number of ether oxygens (including phenoxy) is 1. The number of pyridine rings is 1. The zero-order chi connectivity index (χ0) is 30.4. The highest BCUT2D eigenvalue weighted by atomic mass is 16.6. The van der Waals surface area contributed by atoms with Gasteiger partial charge in [-0.05, 0) is 38.3 Å². The number of carbonyl (C=O) groups excluding carboxylic acids is 4. The van der Waals surface area contributed by atoms with Crippen LogP contribution in [0.1, 0.15) is 53.5 Å². The van der Waals surface area contributed by atoms with Gasteiger partial charge in [0.05, 0.1) is 17.7 Å². The van der Waals surface area contributed by atoms with Gasteiger partial charge in [-0.25, -0.2) is 14.6 Å². The van der Waals surface area contributed by atoms with Gasteiger partial charge in [-0.15, -0.1) is 0 Å². The molecule has 1 aromatic heterocycles. The number of piperazine rings is 1. The van der Waals surface area contributed by atoms with Crippen LogP contribution in [0.3, 0.4) is 0 Å². The molecule has 0 bridgehead atoms. The summed E-state index contributed by atoms with van der Waals surface area (Å²) in [5.74, 6) is -4.11. The summed E-state index contributed by atoms with van der Waals surface area (Å²) in [6, 6.07) is 5.72. The van der Waals surface area contributed by atoms with E-state index in [0.717, 1.165) is 0 Å². The Morgan fingerprint density at radius 3 is 2.38 bits per heavy atom. The van der Waals surface area contributed by atoms with E-state index in [0.29, 0.717) is 23.7 Å². The van der Waals surface area contributed by atoms with Gasteiger partial charge in [0.2, 0.25) is 5.91 Å². The van der Waals surface area contributed by atoms with Gasteiger partial charge >= 0.3 is 18.0 Å². The molecule has 4 rings (SSSR count). The van der Waals surface area contributed by atoms with Gasteiger partial charge in [-0.2, -0.15) is 0 Å². The molecule has 42 heavy (non-hydrogen) atoms. The lowest BCUT2D eigenvalue weighted by atomic mass is 10.0. The van der Waals surface area contributed by atoms with Crippen molar-refractivity contribution in [2.24, 2.45) is 0 Å². The minimum Gasteiger partial charge on any atom is -0.481 e. The summed E-state index contributed by atoms with van der Waals surface area (Å²) >= 11 is 0. The van der Waals surface area contributed by atoms with Gasteiger partial charge in [0.1, 0.15) is 17.8 Å². The number of fused-ring (bicyclic) bond motifs is 1. The molecule has 3 heterocycles. The molecule has 14 nitrogen and oxygen atoms in total. The number of hydrogen-bond donors (Lipinski definition) is 3. The quantitative estimate of drug-likeness (QED) is 0.387. The Morgan fingerprint density at radius 1 is 1.02 bits per heavy atom. The maximum absolute atomic E-state index is 13.5. The molecule has 2 saturated heterocycles. The molecule has 2 fully saturated rings. The number of carboxylic acids is 2. The molecule has 2 unspecified atom stereocenters. The molecule has 4 amide bonds. The molecular formula is C28H33N5O9. The first-order valence-electron chi connectivity index (χ1n) is 13.8. The number of rotatable bonds is 9. The zero-order valence-corrected chi connectivity index (χ0v) is 23.2. The Hall–Kier alpha value is -4.75. The summed E-state index contributed by atoms with van der Waals surface area (Å²) in [4.78, 5) is 83.9. The first-order chi connectivity index (χ1) is 20.1. The Kier molecular flexibility index (Phi) is 9.55. The Morgan fingerprint density at radius 2 is 1.71 bits per heavy atom. The molecule has 0 spiro atoms. The van der Waals surface area contributed by atoms with Crippen LogP contribution in [0, 0.1) is 0 Å². The highest BCUT2D eigenvalue weighted by Gasteiger charge is 2.36. The number of carbonyl (C=O) groups is 6. The molecular weight excluding hydrogens is 550 g/mol. The molecule has 0 saturated carbocycles. The molecule has 0 aliphatic carbocycles. The highest BCUT2D eigenvalue weighted by molar-refractivity contribution is 6.09. The van der Waals surface area contributed by atoms with Gasteiger partial charge in [-0.3, -0.25) is 19.2 Å². The van der Waals surface area contributed by atoms with Crippen molar-refractivity contribution in [1.82, 2.24) is 25.0 Å². The maximum atomic E-state index is 13.5. The number of amides is 4. The van der Waals surface area contributed by atoms with E-state index in [4.69, 9.17) is 4.74 Å². The monoisotopic (exact) mass is 583 g/mol. The van der Waals surface area contributed by atoms with Gasteiger partial charge in [0.15, 0.2) is 0 Å². The first-order valence-corrected chi connectivity index (χ1v) is 13.8. The van der Waals surface area contributed by atoms with Crippen molar-refractivity contribution in [2.45, 2.75) is 44.7 Å². The third-order valence-electron chi connectivity index (χ3n) is 7.35. The second kappa shape index (κ2) is 13.3. The molecule has 2 atom stereocenters. The third kappa shape index (κ3) is 6.75. The number of aliphatic carboxylic acids is 2. The van der Waals surface area contributed by atoms with Crippen LogP contribution < -0.4 is 5.32 Å². The molecule has 3 N–H and O–H groups in total. The van der Waals surface area contributed by atoms with Crippen molar-refractivity contribution in [3.63, 3.8) is 0 Å². The van der Waals surface area contributed by atoms with Crippen molar-refractivity contribution in [3.05, 3.63) is 41.6 Å². The smallest absolute Gasteiger partial charge is 0.409 e. The second-order valence-corrected chi connectivity index (χ2v) is 10.0. The number of likely N-dealkylation sites (tertiary alicyclic amines) is 1. The predicted molar refractivity (Wildman–Crippen MR) is 147 cm³/mol. The third-order valence-corrected chi connectivity index (χ3v) is 7.35. The van der Waals surface area contributed by atoms with Crippen LogP contribution in [-0.4, -0.2) is 117 Å². The zero-order valence-electron chi connectivity index (χ0n) is 23.2. The van der Waals surface area contributed by atoms with Gasteiger partial charge in [0.25, 0.3) is 11.8 Å². The summed E-state index contributed by atoms with van der Waals surface area (Å²) in [5.41, 5.74) is 0.244. The van der Waals surface area contributed by atoms with Crippen LogP contribution in [0.15, 0.2) is 30.3 Å². The topological polar surface area (TPSA) is 187 Å². The number of hydrogen-bond acceptors (Lipinski definition) is 8. The van der Waals surface area contributed by atoms with Gasteiger partial charge in [0, 0.05) is 44.5 Å². The summed E-state index contributed by atoms with van der Waals surface area (Å²) in [5, 5.41) is 21.8. The predicted octanol–water partition coefficient (Wildman–Crippen LogP) is 1.19. The minimum absolute atomic E-state index is 0.0994. The molecule has 224 valence electrons. The molecule has 1 aromatic carbocycles. The summed E-state index contributed by atoms with van der Waals surface area (Å²) in [6.07, 6.45) is -0.221.